The number of hydrogen-bond donors (Lipinski definition) is 3. The van der Waals surface area contributed by atoms with E-state index in [1.807, 2.05) is 69.3 Å². The topological polar surface area (TPSA) is 84.0 Å². The van der Waals surface area contributed by atoms with Gasteiger partial charge in [-0.3, -0.25) is 9.79 Å². The molecule has 30 heavy (non-hydrogen) atoms. The number of ether oxygens (including phenoxy) is 2. The SMILES string of the molecule is CN=C(NCCOc1ccc(OC)cc1)NCc1cccc(C(=O)NC(C)(C)C)c1. The van der Waals surface area contributed by atoms with Gasteiger partial charge in [-0.2, -0.15) is 0 Å². The lowest BCUT2D eigenvalue weighted by molar-refractivity contribution is 0.0919. The van der Waals surface area contributed by atoms with E-state index in [9.17, 15) is 4.79 Å². The van der Waals surface area contributed by atoms with Gasteiger partial charge in [-0.1, -0.05) is 12.1 Å². The normalized spacial score (nSPS) is 11.6. The average molecular weight is 413 g/mol. The first-order valence-corrected chi connectivity index (χ1v) is 9.93. The molecule has 0 saturated heterocycles. The van der Waals surface area contributed by atoms with Crippen LogP contribution in [-0.4, -0.2) is 44.7 Å². The quantitative estimate of drug-likeness (QED) is 0.353. The fourth-order valence-corrected chi connectivity index (χ4v) is 2.65. The Balaban J connectivity index is 1.78. The lowest BCUT2D eigenvalue weighted by Crippen LogP contribution is -2.40. The summed E-state index contributed by atoms with van der Waals surface area (Å²) in [4.78, 5) is 16.6. The molecule has 3 N–H and O–H groups in total. The van der Waals surface area contributed by atoms with Crippen LogP contribution in [0.15, 0.2) is 53.5 Å². The second kappa shape index (κ2) is 11.1. The van der Waals surface area contributed by atoms with Crippen molar-refractivity contribution in [3.05, 3.63) is 59.7 Å². The summed E-state index contributed by atoms with van der Waals surface area (Å²) in [5, 5.41) is 9.44. The molecular formula is C23H32N4O3. The predicted molar refractivity (Wildman–Crippen MR) is 120 cm³/mol. The van der Waals surface area contributed by atoms with Crippen molar-refractivity contribution in [2.24, 2.45) is 4.99 Å². The van der Waals surface area contributed by atoms with Crippen molar-refractivity contribution >= 4 is 11.9 Å². The van der Waals surface area contributed by atoms with Crippen molar-refractivity contribution in [2.45, 2.75) is 32.9 Å². The largest absolute Gasteiger partial charge is 0.497 e. The van der Waals surface area contributed by atoms with Crippen LogP contribution < -0.4 is 25.4 Å². The van der Waals surface area contributed by atoms with Crippen molar-refractivity contribution in [3.63, 3.8) is 0 Å². The fourth-order valence-electron chi connectivity index (χ4n) is 2.65. The van der Waals surface area contributed by atoms with Crippen LogP contribution in [0.2, 0.25) is 0 Å². The molecule has 0 fully saturated rings. The highest BCUT2D eigenvalue weighted by atomic mass is 16.5. The number of hydrogen-bond acceptors (Lipinski definition) is 4. The van der Waals surface area contributed by atoms with Crippen molar-refractivity contribution in [1.82, 2.24) is 16.0 Å². The molecule has 0 aliphatic rings. The van der Waals surface area contributed by atoms with Gasteiger partial charge in [0.05, 0.1) is 13.7 Å². The van der Waals surface area contributed by atoms with Gasteiger partial charge in [0, 0.05) is 24.7 Å². The molecule has 162 valence electrons. The molecule has 0 heterocycles. The zero-order valence-electron chi connectivity index (χ0n) is 18.4. The molecule has 2 rings (SSSR count). The van der Waals surface area contributed by atoms with Gasteiger partial charge >= 0.3 is 0 Å². The van der Waals surface area contributed by atoms with Gasteiger partial charge in [-0.05, 0) is 62.7 Å². The first-order valence-electron chi connectivity index (χ1n) is 9.93. The highest BCUT2D eigenvalue weighted by Gasteiger charge is 2.15. The molecule has 0 saturated carbocycles. The number of carbonyl (C=O) groups is 1. The summed E-state index contributed by atoms with van der Waals surface area (Å²) in [5.74, 6) is 2.16. The van der Waals surface area contributed by atoms with Crippen LogP contribution in [-0.2, 0) is 6.54 Å². The van der Waals surface area contributed by atoms with Gasteiger partial charge < -0.3 is 25.4 Å². The molecule has 2 aromatic carbocycles. The molecule has 0 radical (unpaired) electrons. The van der Waals surface area contributed by atoms with Gasteiger partial charge in [0.1, 0.15) is 18.1 Å². The Morgan fingerprint density at radius 2 is 1.73 bits per heavy atom. The van der Waals surface area contributed by atoms with Crippen LogP contribution in [0.3, 0.4) is 0 Å². The summed E-state index contributed by atoms with van der Waals surface area (Å²) >= 11 is 0. The van der Waals surface area contributed by atoms with Gasteiger partial charge in [-0.25, -0.2) is 0 Å². The monoisotopic (exact) mass is 412 g/mol. The molecule has 1 amide bonds. The van der Waals surface area contributed by atoms with Crippen LogP contribution in [0, 0.1) is 0 Å². The molecule has 0 aromatic heterocycles. The highest BCUT2D eigenvalue weighted by molar-refractivity contribution is 5.94. The van der Waals surface area contributed by atoms with E-state index in [4.69, 9.17) is 9.47 Å². The van der Waals surface area contributed by atoms with E-state index in [1.54, 1.807) is 14.2 Å². The third-order valence-corrected chi connectivity index (χ3v) is 4.08. The molecule has 0 bridgehead atoms. The Labute approximate surface area is 178 Å². The lowest BCUT2D eigenvalue weighted by atomic mass is 10.1. The molecule has 7 nitrogen and oxygen atoms in total. The minimum Gasteiger partial charge on any atom is -0.497 e. The van der Waals surface area contributed by atoms with Crippen LogP contribution in [0.5, 0.6) is 11.5 Å². The van der Waals surface area contributed by atoms with E-state index >= 15 is 0 Å². The Hall–Kier alpha value is -3.22. The fraction of sp³-hybridized carbons (Fsp3) is 0.391. The molecule has 0 atom stereocenters. The summed E-state index contributed by atoms with van der Waals surface area (Å²) < 4.78 is 10.8. The third kappa shape index (κ3) is 8.03. The Kier molecular flexibility index (Phi) is 8.53. The van der Waals surface area contributed by atoms with E-state index in [0.717, 1.165) is 17.1 Å². The maximum Gasteiger partial charge on any atom is 0.251 e. The van der Waals surface area contributed by atoms with E-state index in [2.05, 4.69) is 20.9 Å². The summed E-state index contributed by atoms with van der Waals surface area (Å²) in [6, 6.07) is 15.0. The number of carbonyl (C=O) groups excluding carboxylic acids is 1. The van der Waals surface area contributed by atoms with Crippen LogP contribution in [0.1, 0.15) is 36.7 Å². The maximum atomic E-state index is 12.3. The lowest BCUT2D eigenvalue weighted by Gasteiger charge is -2.20. The number of methoxy groups -OCH3 is 1. The van der Waals surface area contributed by atoms with Crippen molar-refractivity contribution in [2.75, 3.05) is 27.3 Å². The van der Waals surface area contributed by atoms with Crippen LogP contribution in [0.4, 0.5) is 0 Å². The van der Waals surface area contributed by atoms with Crippen molar-refractivity contribution in [3.8, 4) is 11.5 Å². The average Bonchev–Trinajstić information content (AvgIpc) is 2.72. The van der Waals surface area contributed by atoms with E-state index in [1.165, 1.54) is 0 Å². The van der Waals surface area contributed by atoms with Gasteiger partial charge in [0.15, 0.2) is 5.96 Å². The summed E-state index contributed by atoms with van der Waals surface area (Å²) in [6.45, 7) is 7.53. The van der Waals surface area contributed by atoms with Gasteiger partial charge in [0.2, 0.25) is 0 Å². The molecule has 0 aliphatic heterocycles. The summed E-state index contributed by atoms with van der Waals surface area (Å²) in [6.07, 6.45) is 0. The summed E-state index contributed by atoms with van der Waals surface area (Å²) in [7, 11) is 3.35. The number of amides is 1. The molecule has 0 spiro atoms. The van der Waals surface area contributed by atoms with Crippen LogP contribution >= 0.6 is 0 Å². The molecule has 0 unspecified atom stereocenters. The number of rotatable bonds is 8. The van der Waals surface area contributed by atoms with E-state index in [0.29, 0.717) is 31.2 Å². The van der Waals surface area contributed by atoms with E-state index < -0.39 is 0 Å². The number of benzene rings is 2. The smallest absolute Gasteiger partial charge is 0.251 e. The Morgan fingerprint density at radius 1 is 1.03 bits per heavy atom. The minimum atomic E-state index is -0.273. The highest BCUT2D eigenvalue weighted by Crippen LogP contribution is 2.16. The molecule has 2 aromatic rings. The zero-order valence-corrected chi connectivity index (χ0v) is 18.4. The number of guanidine groups is 1. The summed E-state index contributed by atoms with van der Waals surface area (Å²) in [5.41, 5.74) is 1.36. The maximum absolute atomic E-state index is 12.3. The Morgan fingerprint density at radius 3 is 2.37 bits per heavy atom. The standard InChI is InChI=1S/C23H32N4O3/c1-23(2,3)27-21(28)18-8-6-7-17(15-18)16-26-22(24-4)25-13-14-30-20-11-9-19(29-5)10-12-20/h6-12,15H,13-14,16H2,1-5H3,(H,27,28)(H2,24,25,26). The minimum absolute atomic E-state index is 0.0810. The number of nitrogens with zero attached hydrogens (tertiary/aromatic N) is 1. The Bertz CT molecular complexity index is 842. The van der Waals surface area contributed by atoms with Crippen LogP contribution in [0.25, 0.3) is 0 Å². The third-order valence-electron chi connectivity index (χ3n) is 4.08. The van der Waals surface area contributed by atoms with E-state index in [-0.39, 0.29) is 11.4 Å². The first kappa shape index (κ1) is 23.1. The zero-order chi connectivity index (χ0) is 22.0. The molecular weight excluding hydrogens is 380 g/mol. The number of aliphatic imine (C=N–C) groups is 1. The van der Waals surface area contributed by atoms with Gasteiger partial charge in [-0.15, -0.1) is 0 Å². The number of nitrogens with one attached hydrogen (secondary N) is 3. The van der Waals surface area contributed by atoms with Crippen molar-refractivity contribution in [1.29, 1.82) is 0 Å². The molecule has 0 aliphatic carbocycles. The van der Waals surface area contributed by atoms with Gasteiger partial charge in [0.25, 0.3) is 5.91 Å². The first-order chi connectivity index (χ1) is 14.3. The van der Waals surface area contributed by atoms with Crippen molar-refractivity contribution < 1.29 is 14.3 Å². The molecule has 7 heteroatoms. The predicted octanol–water partition coefficient (Wildman–Crippen LogP) is 2.97. The second-order valence-electron chi connectivity index (χ2n) is 7.78. The second-order valence-corrected chi connectivity index (χ2v) is 7.78.